The largest absolute Gasteiger partial charge is 0.487 e. The summed E-state index contributed by atoms with van der Waals surface area (Å²) in [6, 6.07) is 9.67. The molecule has 0 fully saturated rings. The molecule has 0 saturated heterocycles. The van der Waals surface area contributed by atoms with Gasteiger partial charge in [0, 0.05) is 18.2 Å². The molecule has 0 bridgehead atoms. The van der Waals surface area contributed by atoms with E-state index in [4.69, 9.17) is 33.7 Å². The van der Waals surface area contributed by atoms with Crippen LogP contribution in [0.3, 0.4) is 0 Å². The number of ether oxygens (including phenoxy) is 1. The first-order chi connectivity index (χ1) is 10.0. The number of nitrogens with two attached hydrogens (primary N) is 1. The third kappa shape index (κ3) is 3.44. The number of benzene rings is 2. The number of hydrogen-bond donors (Lipinski definition) is 1. The SMILES string of the molecule is NCc1cccc(Cl)c1OCc1c(Cl)cccc1[N+](=O)[O-]. The molecule has 0 saturated carbocycles. The van der Waals surface area contributed by atoms with E-state index < -0.39 is 4.92 Å². The molecule has 0 radical (unpaired) electrons. The lowest BCUT2D eigenvalue weighted by molar-refractivity contribution is -0.385. The van der Waals surface area contributed by atoms with Gasteiger partial charge in [0.15, 0.2) is 0 Å². The standard InChI is InChI=1S/C14H12Cl2N2O3/c15-11-4-2-6-13(18(19)20)10(11)8-21-14-9(7-17)3-1-5-12(14)16/h1-6H,7-8,17H2. The maximum atomic E-state index is 11.0. The first-order valence-corrected chi connectivity index (χ1v) is 6.82. The molecule has 0 heterocycles. The molecule has 0 amide bonds. The van der Waals surface area contributed by atoms with Crippen molar-refractivity contribution in [3.8, 4) is 5.75 Å². The number of nitro groups is 1. The van der Waals surface area contributed by atoms with Gasteiger partial charge in [0.1, 0.15) is 12.4 Å². The van der Waals surface area contributed by atoms with Crippen LogP contribution < -0.4 is 10.5 Å². The van der Waals surface area contributed by atoms with E-state index in [1.165, 1.54) is 12.1 Å². The van der Waals surface area contributed by atoms with Crippen molar-refractivity contribution >= 4 is 28.9 Å². The van der Waals surface area contributed by atoms with E-state index in [-0.39, 0.29) is 23.9 Å². The Morgan fingerprint density at radius 1 is 1.14 bits per heavy atom. The molecule has 0 aromatic heterocycles. The molecule has 2 aromatic rings. The summed E-state index contributed by atoms with van der Waals surface area (Å²) < 4.78 is 5.62. The average molecular weight is 327 g/mol. The number of hydrogen-bond acceptors (Lipinski definition) is 4. The molecular weight excluding hydrogens is 315 g/mol. The Morgan fingerprint density at radius 2 is 1.81 bits per heavy atom. The van der Waals surface area contributed by atoms with Crippen LogP contribution in [0.4, 0.5) is 5.69 Å². The molecule has 21 heavy (non-hydrogen) atoms. The van der Waals surface area contributed by atoms with Gasteiger partial charge in [-0.2, -0.15) is 0 Å². The molecule has 5 nitrogen and oxygen atoms in total. The van der Waals surface area contributed by atoms with Crippen molar-refractivity contribution in [1.29, 1.82) is 0 Å². The van der Waals surface area contributed by atoms with Crippen molar-refractivity contribution in [2.75, 3.05) is 0 Å². The van der Waals surface area contributed by atoms with Crippen molar-refractivity contribution in [3.05, 3.63) is 67.7 Å². The molecular formula is C14H12Cl2N2O3. The Bertz CT molecular complexity index is 677. The topological polar surface area (TPSA) is 78.4 Å². The van der Waals surface area contributed by atoms with Crippen LogP contribution >= 0.6 is 23.2 Å². The highest BCUT2D eigenvalue weighted by Crippen LogP contribution is 2.32. The molecule has 0 unspecified atom stereocenters. The molecule has 7 heteroatoms. The predicted molar refractivity (Wildman–Crippen MR) is 81.8 cm³/mol. The minimum absolute atomic E-state index is 0.0628. The van der Waals surface area contributed by atoms with Crippen molar-refractivity contribution < 1.29 is 9.66 Å². The monoisotopic (exact) mass is 326 g/mol. The number of rotatable bonds is 5. The van der Waals surface area contributed by atoms with Gasteiger partial charge in [-0.1, -0.05) is 41.4 Å². The minimum atomic E-state index is -0.499. The second-order valence-electron chi connectivity index (χ2n) is 4.22. The molecule has 0 atom stereocenters. The van der Waals surface area contributed by atoms with Crippen molar-refractivity contribution in [3.63, 3.8) is 0 Å². The summed E-state index contributed by atoms with van der Waals surface area (Å²) in [7, 11) is 0. The zero-order chi connectivity index (χ0) is 15.4. The number of halogens is 2. The van der Waals surface area contributed by atoms with E-state index >= 15 is 0 Å². The summed E-state index contributed by atoms with van der Waals surface area (Å²) in [5, 5.41) is 11.7. The van der Waals surface area contributed by atoms with E-state index in [9.17, 15) is 10.1 Å². The molecule has 0 aliphatic carbocycles. The van der Waals surface area contributed by atoms with Gasteiger partial charge in [0.05, 0.1) is 20.5 Å². The van der Waals surface area contributed by atoms with Crippen molar-refractivity contribution in [1.82, 2.24) is 0 Å². The first kappa shape index (κ1) is 15.6. The zero-order valence-corrected chi connectivity index (χ0v) is 12.4. The smallest absolute Gasteiger partial charge is 0.277 e. The van der Waals surface area contributed by atoms with Gasteiger partial charge < -0.3 is 10.5 Å². The summed E-state index contributed by atoms with van der Waals surface area (Å²) >= 11 is 12.1. The summed E-state index contributed by atoms with van der Waals surface area (Å²) in [5.41, 5.74) is 6.55. The van der Waals surface area contributed by atoms with Gasteiger partial charge in [-0.25, -0.2) is 0 Å². The predicted octanol–water partition coefficient (Wildman–Crippen LogP) is 3.94. The van der Waals surface area contributed by atoms with Crippen LogP contribution in [0.5, 0.6) is 5.75 Å². The third-order valence-electron chi connectivity index (χ3n) is 2.92. The van der Waals surface area contributed by atoms with Gasteiger partial charge in [-0.3, -0.25) is 10.1 Å². The van der Waals surface area contributed by atoms with Gasteiger partial charge >= 0.3 is 0 Å². The minimum Gasteiger partial charge on any atom is -0.487 e. The fourth-order valence-electron chi connectivity index (χ4n) is 1.88. The van der Waals surface area contributed by atoms with Gasteiger partial charge in [0.25, 0.3) is 5.69 Å². The Kier molecular flexibility index (Phi) is 5.01. The van der Waals surface area contributed by atoms with Gasteiger partial charge in [0.2, 0.25) is 0 Å². The fraction of sp³-hybridized carbons (Fsp3) is 0.143. The van der Waals surface area contributed by atoms with Crippen molar-refractivity contribution in [2.45, 2.75) is 13.2 Å². The highest BCUT2D eigenvalue weighted by atomic mass is 35.5. The normalized spacial score (nSPS) is 10.4. The van der Waals surface area contributed by atoms with Crippen LogP contribution in [0.1, 0.15) is 11.1 Å². The van der Waals surface area contributed by atoms with Gasteiger partial charge in [-0.05, 0) is 12.1 Å². The fourth-order valence-corrected chi connectivity index (χ4v) is 2.35. The third-order valence-corrected chi connectivity index (χ3v) is 3.57. The molecule has 2 N–H and O–H groups in total. The maximum Gasteiger partial charge on any atom is 0.277 e. The van der Waals surface area contributed by atoms with Crippen LogP contribution in [-0.4, -0.2) is 4.92 Å². The molecule has 110 valence electrons. The van der Waals surface area contributed by atoms with Crippen LogP contribution in [0.25, 0.3) is 0 Å². The van der Waals surface area contributed by atoms with E-state index in [2.05, 4.69) is 0 Å². The highest BCUT2D eigenvalue weighted by Gasteiger charge is 2.18. The summed E-state index contributed by atoms with van der Waals surface area (Å²) in [6.07, 6.45) is 0. The summed E-state index contributed by atoms with van der Waals surface area (Å²) in [4.78, 5) is 10.5. The lowest BCUT2D eigenvalue weighted by Gasteiger charge is -2.13. The molecule has 0 spiro atoms. The number of nitro benzene ring substituents is 1. The van der Waals surface area contributed by atoms with Gasteiger partial charge in [-0.15, -0.1) is 0 Å². The van der Waals surface area contributed by atoms with E-state index in [1.807, 2.05) is 0 Å². The summed E-state index contributed by atoms with van der Waals surface area (Å²) in [6.45, 7) is 0.188. The van der Waals surface area contributed by atoms with Crippen LogP contribution in [-0.2, 0) is 13.2 Å². The lowest BCUT2D eigenvalue weighted by atomic mass is 10.2. The highest BCUT2D eigenvalue weighted by molar-refractivity contribution is 6.32. The summed E-state index contributed by atoms with van der Waals surface area (Å²) in [5.74, 6) is 0.413. The number of para-hydroxylation sites is 1. The average Bonchev–Trinajstić information content (AvgIpc) is 2.46. The lowest BCUT2D eigenvalue weighted by Crippen LogP contribution is -2.05. The molecule has 2 aromatic carbocycles. The maximum absolute atomic E-state index is 11.0. The van der Waals surface area contributed by atoms with Crippen LogP contribution in [0.2, 0.25) is 10.0 Å². The Balaban J connectivity index is 2.31. The Labute approximate surface area is 131 Å². The first-order valence-electron chi connectivity index (χ1n) is 6.06. The quantitative estimate of drug-likeness (QED) is 0.666. The van der Waals surface area contributed by atoms with Crippen LogP contribution in [0, 0.1) is 10.1 Å². The van der Waals surface area contributed by atoms with E-state index in [1.54, 1.807) is 24.3 Å². The Morgan fingerprint density at radius 3 is 2.48 bits per heavy atom. The van der Waals surface area contributed by atoms with E-state index in [0.29, 0.717) is 16.3 Å². The van der Waals surface area contributed by atoms with E-state index in [0.717, 1.165) is 5.56 Å². The molecule has 2 rings (SSSR count). The Hall–Kier alpha value is -1.82. The molecule has 0 aliphatic rings. The zero-order valence-electron chi connectivity index (χ0n) is 10.9. The number of nitrogens with zero attached hydrogens (tertiary/aromatic N) is 1. The second kappa shape index (κ2) is 6.76. The van der Waals surface area contributed by atoms with Crippen LogP contribution in [0.15, 0.2) is 36.4 Å². The second-order valence-corrected chi connectivity index (χ2v) is 5.03. The molecule has 0 aliphatic heterocycles. The van der Waals surface area contributed by atoms with Crippen molar-refractivity contribution in [2.24, 2.45) is 5.73 Å².